The minimum absolute atomic E-state index is 0.0413. The summed E-state index contributed by atoms with van der Waals surface area (Å²) in [6, 6.07) is 10.9. The third-order valence-corrected chi connectivity index (χ3v) is 5.42. The minimum atomic E-state index is -0.807. The van der Waals surface area contributed by atoms with E-state index in [0.717, 1.165) is 5.56 Å². The van der Waals surface area contributed by atoms with Crippen molar-refractivity contribution in [2.75, 3.05) is 7.11 Å². The Kier molecular flexibility index (Phi) is 5.68. The molecule has 1 aromatic carbocycles. The molecule has 1 saturated heterocycles. The topological polar surface area (TPSA) is 92.6 Å². The van der Waals surface area contributed by atoms with Gasteiger partial charge in [-0.05, 0) is 53.6 Å². The number of ether oxygens (including phenoxy) is 1. The van der Waals surface area contributed by atoms with Gasteiger partial charge in [0.1, 0.15) is 11.5 Å². The van der Waals surface area contributed by atoms with Crippen molar-refractivity contribution in [3.8, 4) is 5.75 Å². The van der Waals surface area contributed by atoms with E-state index in [1.165, 1.54) is 18.1 Å². The summed E-state index contributed by atoms with van der Waals surface area (Å²) < 4.78 is 5.21. The molecule has 0 spiro atoms. The molecule has 1 fully saturated rings. The minimum Gasteiger partial charge on any atom is -0.507 e. The second kappa shape index (κ2) is 8.57. The molecule has 1 atom stereocenters. The van der Waals surface area contributed by atoms with Crippen molar-refractivity contribution >= 4 is 29.1 Å². The molecular weight excluding hydrogens is 418 g/mol. The number of likely N-dealkylation sites (tertiary alicyclic amines) is 1. The maximum Gasteiger partial charge on any atom is 0.295 e. The van der Waals surface area contributed by atoms with Crippen LogP contribution in [0.2, 0.25) is 5.02 Å². The molecule has 1 N–H and O–H groups in total. The van der Waals surface area contributed by atoms with Gasteiger partial charge in [-0.15, -0.1) is 0 Å². The highest BCUT2D eigenvalue weighted by molar-refractivity contribution is 6.47. The third-order valence-electron chi connectivity index (χ3n) is 5.09. The van der Waals surface area contributed by atoms with Crippen LogP contribution in [-0.2, 0) is 16.1 Å². The molecule has 156 valence electrons. The normalized spacial score (nSPS) is 17.7. The van der Waals surface area contributed by atoms with Crippen LogP contribution < -0.4 is 4.74 Å². The average Bonchev–Trinajstić information content (AvgIpc) is 3.05. The first kappa shape index (κ1) is 20.6. The number of rotatable bonds is 5. The van der Waals surface area contributed by atoms with Crippen molar-refractivity contribution in [3.63, 3.8) is 0 Å². The van der Waals surface area contributed by atoms with Gasteiger partial charge in [0.2, 0.25) is 0 Å². The van der Waals surface area contributed by atoms with Crippen LogP contribution in [0.15, 0.2) is 72.8 Å². The van der Waals surface area contributed by atoms with E-state index < -0.39 is 17.7 Å². The first-order valence-electron chi connectivity index (χ1n) is 9.42. The Morgan fingerprint density at radius 2 is 1.71 bits per heavy atom. The number of pyridine rings is 2. The highest BCUT2D eigenvalue weighted by Gasteiger charge is 2.46. The summed E-state index contributed by atoms with van der Waals surface area (Å²) in [6.45, 7) is 0.169. The molecule has 1 aliphatic rings. The van der Waals surface area contributed by atoms with E-state index in [-0.39, 0.29) is 28.5 Å². The smallest absolute Gasteiger partial charge is 0.295 e. The van der Waals surface area contributed by atoms with Crippen molar-refractivity contribution in [2.24, 2.45) is 0 Å². The zero-order valence-electron chi connectivity index (χ0n) is 16.5. The second-order valence-corrected chi connectivity index (χ2v) is 7.32. The van der Waals surface area contributed by atoms with Gasteiger partial charge in [0.05, 0.1) is 23.7 Å². The van der Waals surface area contributed by atoms with Crippen LogP contribution in [-0.4, -0.2) is 38.8 Å². The van der Waals surface area contributed by atoms with Crippen LogP contribution in [0.5, 0.6) is 5.75 Å². The van der Waals surface area contributed by atoms with Crippen molar-refractivity contribution < 1.29 is 19.4 Å². The van der Waals surface area contributed by atoms with Gasteiger partial charge in [0.25, 0.3) is 11.7 Å². The largest absolute Gasteiger partial charge is 0.507 e. The van der Waals surface area contributed by atoms with Gasteiger partial charge < -0.3 is 14.7 Å². The molecule has 0 aliphatic carbocycles. The van der Waals surface area contributed by atoms with Gasteiger partial charge >= 0.3 is 0 Å². The molecule has 1 amide bonds. The van der Waals surface area contributed by atoms with Crippen molar-refractivity contribution in [1.29, 1.82) is 0 Å². The first-order chi connectivity index (χ1) is 15.0. The van der Waals surface area contributed by atoms with E-state index in [4.69, 9.17) is 16.3 Å². The molecule has 1 aliphatic heterocycles. The number of Topliss-reactive ketones (excluding diaryl/α,β-unsaturated/α-hetero) is 1. The Hall–Kier alpha value is -3.71. The standard InChI is InChI=1S/C23H18ClN3O4/c1-31-16-2-3-18(24)17(12-16)21(28)19-20(15-6-10-26-11-7-15)27(23(30)22(19)29)13-14-4-8-25-9-5-14/h2-12,20,28H,13H2,1H3/b21-19+. The van der Waals surface area contributed by atoms with E-state index >= 15 is 0 Å². The number of carbonyl (C=O) groups is 2. The molecule has 3 aromatic rings. The number of aromatic nitrogens is 2. The van der Waals surface area contributed by atoms with Gasteiger partial charge in [-0.2, -0.15) is 0 Å². The quantitative estimate of drug-likeness (QED) is 0.372. The monoisotopic (exact) mass is 435 g/mol. The van der Waals surface area contributed by atoms with Crippen LogP contribution in [0.25, 0.3) is 5.76 Å². The molecule has 4 rings (SSSR count). The van der Waals surface area contributed by atoms with E-state index in [0.29, 0.717) is 11.3 Å². The Morgan fingerprint density at radius 3 is 2.35 bits per heavy atom. The predicted molar refractivity (Wildman–Crippen MR) is 114 cm³/mol. The second-order valence-electron chi connectivity index (χ2n) is 6.91. The number of ketones is 1. The van der Waals surface area contributed by atoms with Crippen LogP contribution >= 0.6 is 11.6 Å². The Labute approximate surface area is 183 Å². The summed E-state index contributed by atoms with van der Waals surface area (Å²) in [6.07, 6.45) is 6.37. The lowest BCUT2D eigenvalue weighted by Crippen LogP contribution is -2.29. The maximum absolute atomic E-state index is 13.1. The van der Waals surface area contributed by atoms with E-state index in [1.807, 2.05) is 0 Å². The van der Waals surface area contributed by atoms with Crippen molar-refractivity contribution in [1.82, 2.24) is 14.9 Å². The van der Waals surface area contributed by atoms with Crippen LogP contribution in [0, 0.1) is 0 Å². The fourth-order valence-electron chi connectivity index (χ4n) is 3.58. The fourth-order valence-corrected chi connectivity index (χ4v) is 3.79. The number of methoxy groups -OCH3 is 1. The molecule has 2 aromatic heterocycles. The Bertz CT molecular complexity index is 1170. The molecule has 1 unspecified atom stereocenters. The van der Waals surface area contributed by atoms with Gasteiger partial charge in [-0.1, -0.05) is 11.6 Å². The van der Waals surface area contributed by atoms with Gasteiger partial charge in [0, 0.05) is 36.9 Å². The lowest BCUT2D eigenvalue weighted by atomic mass is 9.95. The average molecular weight is 436 g/mol. The molecule has 7 nitrogen and oxygen atoms in total. The molecule has 8 heteroatoms. The SMILES string of the molecule is COc1ccc(Cl)c(/C(O)=C2\C(=O)C(=O)N(Cc3ccncc3)C2c2ccncc2)c1. The number of hydrogen-bond acceptors (Lipinski definition) is 6. The summed E-state index contributed by atoms with van der Waals surface area (Å²) in [5.41, 5.74) is 1.61. The van der Waals surface area contributed by atoms with E-state index in [9.17, 15) is 14.7 Å². The van der Waals surface area contributed by atoms with Crippen LogP contribution in [0.1, 0.15) is 22.7 Å². The zero-order valence-corrected chi connectivity index (χ0v) is 17.3. The highest BCUT2D eigenvalue weighted by Crippen LogP contribution is 2.41. The molecule has 0 bridgehead atoms. The summed E-state index contributed by atoms with van der Waals surface area (Å²) in [5, 5.41) is 11.4. The molecule has 31 heavy (non-hydrogen) atoms. The van der Waals surface area contributed by atoms with Gasteiger partial charge in [-0.25, -0.2) is 0 Å². The number of halogens is 1. The van der Waals surface area contributed by atoms with Crippen molar-refractivity contribution in [3.05, 3.63) is 94.5 Å². The molecule has 3 heterocycles. The number of amides is 1. The number of benzene rings is 1. The van der Waals surface area contributed by atoms with Gasteiger partial charge in [0.15, 0.2) is 0 Å². The maximum atomic E-state index is 13.1. The summed E-state index contributed by atoms with van der Waals surface area (Å²) in [5.74, 6) is -1.40. The van der Waals surface area contributed by atoms with E-state index in [2.05, 4.69) is 9.97 Å². The fraction of sp³-hybridized carbons (Fsp3) is 0.130. The number of hydrogen-bond donors (Lipinski definition) is 1. The zero-order chi connectivity index (χ0) is 22.0. The van der Waals surface area contributed by atoms with Crippen LogP contribution in [0.4, 0.5) is 0 Å². The number of aliphatic hydroxyl groups excluding tert-OH is 1. The first-order valence-corrected chi connectivity index (χ1v) is 9.80. The van der Waals surface area contributed by atoms with E-state index in [1.54, 1.807) is 61.2 Å². The third kappa shape index (κ3) is 3.87. The Balaban J connectivity index is 1.89. The van der Waals surface area contributed by atoms with Gasteiger partial charge in [-0.3, -0.25) is 19.6 Å². The lowest BCUT2D eigenvalue weighted by Gasteiger charge is -2.25. The molecule has 0 radical (unpaired) electrons. The number of carbonyl (C=O) groups excluding carboxylic acids is 2. The number of nitrogens with zero attached hydrogens (tertiary/aromatic N) is 3. The molecule has 0 saturated carbocycles. The Morgan fingerprint density at radius 1 is 1.06 bits per heavy atom. The predicted octanol–water partition coefficient (Wildman–Crippen LogP) is 3.76. The summed E-state index contributed by atoms with van der Waals surface area (Å²) >= 11 is 6.29. The lowest BCUT2D eigenvalue weighted by molar-refractivity contribution is -0.140. The number of aliphatic hydroxyl groups is 1. The van der Waals surface area contributed by atoms with Crippen LogP contribution in [0.3, 0.4) is 0 Å². The highest BCUT2D eigenvalue weighted by atomic mass is 35.5. The molecular formula is C23H18ClN3O4. The summed E-state index contributed by atoms with van der Waals surface area (Å²) in [7, 11) is 1.48. The van der Waals surface area contributed by atoms with Crippen molar-refractivity contribution in [2.45, 2.75) is 12.6 Å². The summed E-state index contributed by atoms with van der Waals surface area (Å²) in [4.78, 5) is 35.5.